The summed E-state index contributed by atoms with van der Waals surface area (Å²) in [5.41, 5.74) is 0. The molecule has 0 heterocycles. The molecule has 4 nitrogen and oxygen atoms in total. The third-order valence-corrected chi connectivity index (χ3v) is 14.8. The molecular weight excluding hydrogens is 843 g/mol. The Kier molecular flexibility index (Phi) is 59.7. The lowest BCUT2D eigenvalue weighted by atomic mass is 10.0. The fourth-order valence-corrected chi connectivity index (χ4v) is 10.0. The maximum atomic E-state index is 12.5. The van der Waals surface area contributed by atoms with Crippen LogP contribution in [0.1, 0.15) is 354 Å². The molecule has 0 aliphatic rings. The van der Waals surface area contributed by atoms with E-state index < -0.39 is 12.1 Å². The molecule has 0 aliphatic carbocycles. The molecule has 0 aromatic rings. The molecule has 0 aromatic heterocycles. The number of carbonyl (C=O) groups is 1. The van der Waals surface area contributed by atoms with Crippen LogP contribution in [-0.2, 0) is 4.79 Å². The van der Waals surface area contributed by atoms with Crippen LogP contribution >= 0.6 is 0 Å². The van der Waals surface area contributed by atoms with Crippen molar-refractivity contribution in [3.63, 3.8) is 0 Å². The highest BCUT2D eigenvalue weighted by Crippen LogP contribution is 2.18. The Labute approximate surface area is 433 Å². The third kappa shape index (κ3) is 57.4. The fourth-order valence-electron chi connectivity index (χ4n) is 10.0. The van der Waals surface area contributed by atoms with E-state index in [9.17, 15) is 15.0 Å². The van der Waals surface area contributed by atoms with Crippen molar-refractivity contribution in [1.29, 1.82) is 0 Å². The number of aliphatic hydroxyl groups excluding tert-OH is 2. The molecule has 1 amide bonds. The van der Waals surface area contributed by atoms with Crippen LogP contribution in [0.2, 0.25) is 0 Å². The van der Waals surface area contributed by atoms with Crippen molar-refractivity contribution in [1.82, 2.24) is 5.32 Å². The minimum absolute atomic E-state index is 0.0671. The summed E-state index contributed by atoms with van der Waals surface area (Å²) in [5, 5.41) is 23.2. The van der Waals surface area contributed by atoms with Crippen molar-refractivity contribution in [3.8, 4) is 0 Å². The largest absolute Gasteiger partial charge is 0.394 e. The molecule has 2 unspecified atom stereocenters. The molecule has 0 saturated heterocycles. The van der Waals surface area contributed by atoms with Gasteiger partial charge in [0.1, 0.15) is 0 Å². The van der Waals surface area contributed by atoms with Crippen LogP contribution in [0.5, 0.6) is 0 Å². The van der Waals surface area contributed by atoms with Gasteiger partial charge in [0, 0.05) is 6.42 Å². The molecular formula is C65H125NO3. The van der Waals surface area contributed by atoms with Gasteiger partial charge in [-0.2, -0.15) is 0 Å². The van der Waals surface area contributed by atoms with Crippen molar-refractivity contribution in [2.75, 3.05) is 6.61 Å². The summed E-state index contributed by atoms with van der Waals surface area (Å²) in [4.78, 5) is 12.5. The summed E-state index contributed by atoms with van der Waals surface area (Å²) in [5.74, 6) is -0.0671. The van der Waals surface area contributed by atoms with Gasteiger partial charge in [-0.25, -0.2) is 0 Å². The summed E-state index contributed by atoms with van der Waals surface area (Å²) >= 11 is 0. The minimum atomic E-state index is -0.862. The smallest absolute Gasteiger partial charge is 0.220 e. The van der Waals surface area contributed by atoms with E-state index in [-0.39, 0.29) is 12.5 Å². The number of nitrogens with one attached hydrogen (secondary N) is 1. The van der Waals surface area contributed by atoms with E-state index in [2.05, 4.69) is 43.5 Å². The van der Waals surface area contributed by atoms with Crippen LogP contribution in [0.4, 0.5) is 0 Å². The standard InChI is InChI=1S/C65H125NO3/c1-3-5-7-9-11-13-15-17-19-21-23-25-27-29-31-33-35-37-39-41-43-45-47-49-51-53-55-57-59-61-65(69)66-63(62-67)64(68)60-58-56-54-52-50-48-46-44-42-40-38-36-34-32-30-28-26-24-22-20-18-16-14-12-10-8-6-4-2/h21,23,50,52,58,60,63-64,67-68H,3-20,22,24-49,51,53-57,59,61-62H2,1-2H3,(H,66,69)/b23-21-,52-50+,60-58+. The molecule has 0 spiro atoms. The van der Waals surface area contributed by atoms with Gasteiger partial charge in [0.15, 0.2) is 0 Å². The van der Waals surface area contributed by atoms with Crippen LogP contribution < -0.4 is 5.32 Å². The lowest BCUT2D eigenvalue weighted by molar-refractivity contribution is -0.123. The van der Waals surface area contributed by atoms with Crippen molar-refractivity contribution in [3.05, 3.63) is 36.5 Å². The molecule has 0 radical (unpaired) electrons. The quantitative estimate of drug-likeness (QED) is 0.0420. The van der Waals surface area contributed by atoms with Crippen LogP contribution in [0.25, 0.3) is 0 Å². The minimum Gasteiger partial charge on any atom is -0.394 e. The predicted molar refractivity (Wildman–Crippen MR) is 308 cm³/mol. The van der Waals surface area contributed by atoms with Gasteiger partial charge in [-0.3, -0.25) is 4.79 Å². The van der Waals surface area contributed by atoms with Gasteiger partial charge in [0.2, 0.25) is 5.91 Å². The summed E-state index contributed by atoms with van der Waals surface area (Å²) in [6.07, 6.45) is 83.5. The number of aliphatic hydroxyl groups is 2. The van der Waals surface area contributed by atoms with Gasteiger partial charge in [0.05, 0.1) is 18.8 Å². The Balaban J connectivity index is 3.47. The molecule has 4 heteroatoms. The van der Waals surface area contributed by atoms with E-state index in [0.717, 1.165) is 32.1 Å². The summed E-state index contributed by atoms with van der Waals surface area (Å²) in [6.45, 7) is 4.34. The van der Waals surface area contributed by atoms with E-state index in [1.165, 1.54) is 302 Å². The number of unbranched alkanes of at least 4 members (excludes halogenated alkanes) is 48. The molecule has 3 N–H and O–H groups in total. The predicted octanol–water partition coefficient (Wildman–Crippen LogP) is 21.2. The van der Waals surface area contributed by atoms with Gasteiger partial charge in [-0.1, -0.05) is 326 Å². The van der Waals surface area contributed by atoms with E-state index in [4.69, 9.17) is 0 Å². The Bertz CT molecular complexity index is 1050. The lowest BCUT2D eigenvalue weighted by Crippen LogP contribution is -2.45. The Morgan fingerprint density at radius 3 is 0.841 bits per heavy atom. The van der Waals surface area contributed by atoms with Gasteiger partial charge >= 0.3 is 0 Å². The first-order valence-electron chi connectivity index (χ1n) is 31.7. The summed E-state index contributed by atoms with van der Waals surface area (Å²) in [6, 6.07) is -0.639. The zero-order chi connectivity index (χ0) is 49.9. The monoisotopic (exact) mass is 968 g/mol. The van der Waals surface area contributed by atoms with E-state index >= 15 is 0 Å². The van der Waals surface area contributed by atoms with Gasteiger partial charge < -0.3 is 15.5 Å². The first kappa shape index (κ1) is 67.6. The average molecular weight is 969 g/mol. The zero-order valence-electron chi connectivity index (χ0n) is 47.1. The maximum absolute atomic E-state index is 12.5. The fraction of sp³-hybridized carbons (Fsp3) is 0.892. The number of hydrogen-bond acceptors (Lipinski definition) is 3. The molecule has 2 atom stereocenters. The molecule has 0 aliphatic heterocycles. The number of allylic oxidation sites excluding steroid dienone is 5. The van der Waals surface area contributed by atoms with Crippen LogP contribution in [-0.4, -0.2) is 34.9 Å². The molecule has 408 valence electrons. The topological polar surface area (TPSA) is 69.6 Å². The first-order chi connectivity index (χ1) is 34.2. The first-order valence-corrected chi connectivity index (χ1v) is 31.7. The van der Waals surface area contributed by atoms with Crippen LogP contribution in [0.15, 0.2) is 36.5 Å². The Morgan fingerprint density at radius 2 is 0.565 bits per heavy atom. The number of rotatable bonds is 59. The Morgan fingerprint density at radius 1 is 0.333 bits per heavy atom. The Hall–Kier alpha value is -1.39. The number of amides is 1. The molecule has 69 heavy (non-hydrogen) atoms. The second-order valence-corrected chi connectivity index (χ2v) is 21.8. The molecule has 0 fully saturated rings. The SMILES string of the molecule is CCCCCCCCCC/C=C\CCCCCCCCCCCCCCCCCCCC(=O)NC(CO)C(O)/C=C/CC/C=C/CCCCCCCCCCCCCCCCCCCCCCCC. The third-order valence-electron chi connectivity index (χ3n) is 14.8. The molecule has 0 rings (SSSR count). The van der Waals surface area contributed by atoms with Crippen LogP contribution in [0.3, 0.4) is 0 Å². The zero-order valence-corrected chi connectivity index (χ0v) is 47.1. The molecule has 0 saturated carbocycles. The summed E-state index contributed by atoms with van der Waals surface area (Å²) in [7, 11) is 0. The van der Waals surface area contributed by atoms with E-state index in [1.807, 2.05) is 6.08 Å². The second kappa shape index (κ2) is 60.9. The number of hydrogen-bond donors (Lipinski definition) is 3. The molecule has 0 aromatic carbocycles. The normalized spacial score (nSPS) is 12.9. The maximum Gasteiger partial charge on any atom is 0.220 e. The van der Waals surface area contributed by atoms with Gasteiger partial charge in [-0.05, 0) is 57.8 Å². The second-order valence-electron chi connectivity index (χ2n) is 21.8. The van der Waals surface area contributed by atoms with E-state index in [0.29, 0.717) is 6.42 Å². The van der Waals surface area contributed by atoms with Crippen LogP contribution in [0, 0.1) is 0 Å². The van der Waals surface area contributed by atoms with Crippen molar-refractivity contribution in [2.24, 2.45) is 0 Å². The highest BCUT2D eigenvalue weighted by atomic mass is 16.3. The van der Waals surface area contributed by atoms with Crippen molar-refractivity contribution >= 4 is 5.91 Å². The van der Waals surface area contributed by atoms with Crippen molar-refractivity contribution < 1.29 is 15.0 Å². The highest BCUT2D eigenvalue weighted by molar-refractivity contribution is 5.76. The molecule has 0 bridgehead atoms. The van der Waals surface area contributed by atoms with Gasteiger partial charge in [0.25, 0.3) is 0 Å². The van der Waals surface area contributed by atoms with E-state index in [1.54, 1.807) is 6.08 Å². The average Bonchev–Trinajstić information content (AvgIpc) is 3.35. The van der Waals surface area contributed by atoms with Gasteiger partial charge in [-0.15, -0.1) is 0 Å². The number of carbonyl (C=O) groups excluding carboxylic acids is 1. The highest BCUT2D eigenvalue weighted by Gasteiger charge is 2.18. The summed E-state index contributed by atoms with van der Waals surface area (Å²) < 4.78 is 0. The lowest BCUT2D eigenvalue weighted by Gasteiger charge is -2.19. The van der Waals surface area contributed by atoms with Crippen molar-refractivity contribution in [2.45, 2.75) is 366 Å².